The maximum atomic E-state index is 5.76. The van der Waals surface area contributed by atoms with Crippen molar-refractivity contribution in [1.29, 1.82) is 0 Å². The SMILES string of the molecule is c1ccc(-c2cc(-c3ccc(-n4c5ccc(-c6nc(-c7ccccc7)nc(-c7ccccc7)n6)cc5c5cc(-c6nc(-c7ccccc7)nc(-c7ccccc7)n6)ccc54)c(-c4nc(-c5ccccc5)nc(-c5ccc(-c6ccc7c8c6N(c6ccccc6)c6ccccc6B8c6ccccc6N7c6ccccc6)cc5)n4)c3)nc(-c3ccccc3)n2)cc1. The molecule has 5 aromatic heterocycles. The Kier molecular flexibility index (Phi) is 18.0. The number of hydrogen-bond acceptors (Lipinski definition) is 13. The second-order valence-corrected chi connectivity index (χ2v) is 30.8. The van der Waals surface area contributed by atoms with E-state index in [1.807, 2.05) is 176 Å². The molecule has 0 aliphatic carbocycles. The van der Waals surface area contributed by atoms with Gasteiger partial charge in [-0.05, 0) is 119 Å². The second-order valence-electron chi connectivity index (χ2n) is 30.8. The Morgan fingerprint density at radius 2 is 0.492 bits per heavy atom. The monoisotopic (exact) mass is 1580 g/mol. The standard InChI is InChI=1S/C109H69BN14/c1-10-32-71(33-11-1)90-69-91(112-100(111-90)72-34-12-2-13-35-72)79-58-62-94(124-92-63-59-80(107-116-101(73-36-14-3-15-37-73)113-102(117-107)74-38-16-4-17-39-74)67-85(92)86-68-81(60-64-93(86)124)108-118-103(75-40-18-5-19-41-75)114-104(119-108)76-42-20-6-21-43-76)87(66-79)109-120-105(77-44-22-7-23-45-77)115-106(121-109)78-56-54-70(55-57-78)84-61-65-97-98-99(84)123(83-48-26-9-27-49-83)96-53-31-29-51-89(96)110(98)88-50-28-30-52-95(88)122(97)82-46-24-8-25-47-82/h1-69H. The van der Waals surface area contributed by atoms with Gasteiger partial charge in [0.25, 0.3) is 6.71 Å². The molecule has 0 atom stereocenters. The van der Waals surface area contributed by atoms with Gasteiger partial charge in [-0.2, -0.15) is 0 Å². The van der Waals surface area contributed by atoms with Crippen LogP contribution in [-0.4, -0.2) is 66.1 Å². The van der Waals surface area contributed by atoms with Crippen LogP contribution in [0.5, 0.6) is 0 Å². The lowest BCUT2D eigenvalue weighted by Crippen LogP contribution is -2.61. The summed E-state index contributed by atoms with van der Waals surface area (Å²) in [7, 11) is 0. The molecule has 7 heterocycles. The third-order valence-corrected chi connectivity index (χ3v) is 23.4. The molecule has 2 aliphatic rings. The van der Waals surface area contributed by atoms with Gasteiger partial charge in [0, 0.05) is 112 Å². The van der Waals surface area contributed by atoms with Crippen molar-refractivity contribution in [3.8, 4) is 153 Å². The van der Waals surface area contributed by atoms with Gasteiger partial charge in [0.15, 0.2) is 58.2 Å². The molecule has 0 amide bonds. The molecule has 2 aliphatic heterocycles. The van der Waals surface area contributed by atoms with E-state index < -0.39 is 0 Å². The maximum Gasteiger partial charge on any atom is 0.252 e. The van der Waals surface area contributed by atoms with Crippen molar-refractivity contribution in [2.24, 2.45) is 0 Å². The molecule has 0 bridgehead atoms. The van der Waals surface area contributed by atoms with Crippen LogP contribution in [0.3, 0.4) is 0 Å². The molecule has 578 valence electrons. The molecule has 15 heteroatoms. The number of fused-ring (bicyclic) bond motifs is 7. The van der Waals surface area contributed by atoms with Crippen LogP contribution in [0.4, 0.5) is 34.1 Å². The summed E-state index contributed by atoms with van der Waals surface area (Å²) in [5.74, 6) is 5.21. The average Bonchev–Trinajstić information content (AvgIpc) is 0.860. The topological polar surface area (TPSA) is 153 Å². The summed E-state index contributed by atoms with van der Waals surface area (Å²) in [5, 5.41) is 1.81. The minimum atomic E-state index is -0.0725. The Labute approximate surface area is 715 Å². The molecule has 21 aromatic rings. The number of nitrogens with zero attached hydrogens (tertiary/aromatic N) is 14. The lowest BCUT2D eigenvalue weighted by molar-refractivity contribution is 1.06. The van der Waals surface area contributed by atoms with Crippen LogP contribution in [0.15, 0.2) is 419 Å². The summed E-state index contributed by atoms with van der Waals surface area (Å²) in [6.07, 6.45) is 0. The van der Waals surface area contributed by atoms with E-state index in [2.05, 4.69) is 257 Å². The van der Waals surface area contributed by atoms with Gasteiger partial charge in [0.2, 0.25) is 0 Å². The Morgan fingerprint density at radius 3 is 0.919 bits per heavy atom. The summed E-state index contributed by atoms with van der Waals surface area (Å²) < 4.78 is 2.32. The lowest BCUT2D eigenvalue weighted by atomic mass is 9.33. The van der Waals surface area contributed by atoms with Crippen molar-refractivity contribution < 1.29 is 0 Å². The van der Waals surface area contributed by atoms with Crippen molar-refractivity contribution in [3.63, 3.8) is 0 Å². The van der Waals surface area contributed by atoms with Gasteiger partial charge in [0.05, 0.1) is 33.8 Å². The van der Waals surface area contributed by atoms with Gasteiger partial charge in [-0.3, -0.25) is 0 Å². The molecule has 0 spiro atoms. The Hall–Kier alpha value is -16.9. The van der Waals surface area contributed by atoms with Crippen molar-refractivity contribution >= 4 is 79.0 Å². The predicted octanol–water partition coefficient (Wildman–Crippen LogP) is 23.9. The first-order chi connectivity index (χ1) is 61.5. The number of rotatable bonds is 16. The lowest BCUT2D eigenvalue weighted by Gasteiger charge is -2.45. The summed E-state index contributed by atoms with van der Waals surface area (Å²) in [6.45, 7) is -0.0725. The molecule has 0 saturated carbocycles. The van der Waals surface area contributed by atoms with Crippen molar-refractivity contribution in [2.45, 2.75) is 0 Å². The average molecular weight is 1590 g/mol. The predicted molar refractivity (Wildman–Crippen MR) is 501 cm³/mol. The Bertz CT molecular complexity index is 7280. The van der Waals surface area contributed by atoms with Crippen LogP contribution < -0.4 is 26.2 Å². The third-order valence-electron chi connectivity index (χ3n) is 23.4. The van der Waals surface area contributed by atoms with Gasteiger partial charge >= 0.3 is 0 Å². The van der Waals surface area contributed by atoms with Crippen LogP contribution in [-0.2, 0) is 0 Å². The molecule has 23 rings (SSSR count). The van der Waals surface area contributed by atoms with E-state index in [1.165, 1.54) is 16.4 Å². The quantitative estimate of drug-likeness (QED) is 0.0844. The van der Waals surface area contributed by atoms with Crippen LogP contribution in [0.25, 0.3) is 175 Å². The van der Waals surface area contributed by atoms with E-state index in [9.17, 15) is 0 Å². The first kappa shape index (κ1) is 72.3. The zero-order valence-corrected chi connectivity index (χ0v) is 66.7. The minimum Gasteiger partial charge on any atom is -0.311 e. The molecular formula is C109H69BN14. The van der Waals surface area contributed by atoms with E-state index in [0.717, 1.165) is 140 Å². The minimum absolute atomic E-state index is 0.0725. The highest BCUT2D eigenvalue weighted by atomic mass is 15.2. The molecule has 0 radical (unpaired) electrons. The fraction of sp³-hybridized carbons (Fsp3) is 0. The fourth-order valence-electron chi connectivity index (χ4n) is 17.6. The van der Waals surface area contributed by atoms with E-state index >= 15 is 0 Å². The van der Waals surface area contributed by atoms with Crippen molar-refractivity contribution in [2.75, 3.05) is 9.80 Å². The van der Waals surface area contributed by atoms with E-state index in [1.54, 1.807) is 0 Å². The third kappa shape index (κ3) is 13.1. The largest absolute Gasteiger partial charge is 0.311 e. The zero-order chi connectivity index (χ0) is 82.0. The first-order valence-electron chi connectivity index (χ1n) is 41.4. The molecule has 0 fully saturated rings. The summed E-state index contributed by atoms with van der Waals surface area (Å²) in [6, 6.07) is 145. The molecule has 14 nitrogen and oxygen atoms in total. The smallest absolute Gasteiger partial charge is 0.252 e. The highest BCUT2D eigenvalue weighted by Crippen LogP contribution is 2.49. The molecule has 0 N–H and O–H groups in total. The number of anilines is 6. The first-order valence-corrected chi connectivity index (χ1v) is 41.4. The van der Waals surface area contributed by atoms with Crippen LogP contribution in [0, 0.1) is 0 Å². The van der Waals surface area contributed by atoms with Gasteiger partial charge in [-0.25, -0.2) is 54.8 Å². The van der Waals surface area contributed by atoms with E-state index in [-0.39, 0.29) is 6.71 Å². The number of aromatic nitrogens is 12. The molecule has 0 unspecified atom stereocenters. The van der Waals surface area contributed by atoms with E-state index in [4.69, 9.17) is 54.8 Å². The number of hydrogen-bond donors (Lipinski definition) is 0. The molecule has 0 saturated heterocycles. The molecule has 16 aromatic carbocycles. The van der Waals surface area contributed by atoms with Gasteiger partial charge in [0.1, 0.15) is 0 Å². The van der Waals surface area contributed by atoms with Crippen LogP contribution in [0.2, 0.25) is 0 Å². The second kappa shape index (κ2) is 30.8. The highest BCUT2D eigenvalue weighted by molar-refractivity contribution is 7.00. The van der Waals surface area contributed by atoms with Crippen LogP contribution in [0.1, 0.15) is 0 Å². The molecule has 124 heavy (non-hydrogen) atoms. The zero-order valence-electron chi connectivity index (χ0n) is 66.7. The molecular weight excluding hydrogens is 1520 g/mol. The number of benzene rings is 16. The summed E-state index contributed by atoms with van der Waals surface area (Å²) in [4.78, 5) is 64.0. The number of para-hydroxylation sites is 4. The van der Waals surface area contributed by atoms with Crippen LogP contribution >= 0.6 is 0 Å². The Morgan fingerprint density at radius 1 is 0.185 bits per heavy atom. The summed E-state index contributed by atoms with van der Waals surface area (Å²) >= 11 is 0. The maximum absolute atomic E-state index is 5.76. The normalized spacial score (nSPS) is 12.0. The van der Waals surface area contributed by atoms with Crippen molar-refractivity contribution in [1.82, 2.24) is 59.4 Å². The Balaban J connectivity index is 0.751. The van der Waals surface area contributed by atoms with Gasteiger partial charge in [-0.15, -0.1) is 0 Å². The highest BCUT2D eigenvalue weighted by Gasteiger charge is 2.44. The van der Waals surface area contributed by atoms with Gasteiger partial charge < -0.3 is 14.4 Å². The van der Waals surface area contributed by atoms with E-state index in [0.29, 0.717) is 69.5 Å². The summed E-state index contributed by atoms with van der Waals surface area (Å²) in [5.41, 5.74) is 26.5. The fourth-order valence-corrected chi connectivity index (χ4v) is 17.6. The van der Waals surface area contributed by atoms with Gasteiger partial charge in [-0.1, -0.05) is 322 Å². The van der Waals surface area contributed by atoms with Crippen molar-refractivity contribution in [3.05, 3.63) is 419 Å².